The molecule has 1 atom stereocenters. The maximum Gasteiger partial charge on any atom is 0.221 e. The molecule has 1 amide bonds. The summed E-state index contributed by atoms with van der Waals surface area (Å²) in [5, 5.41) is 2.73. The SMILES string of the molecule is CCC(C)CN=Cc1ccc(NC(C)=O)cc1. The van der Waals surface area contributed by atoms with E-state index in [1.807, 2.05) is 30.5 Å². The lowest BCUT2D eigenvalue weighted by Gasteiger charge is -2.03. The molecule has 0 heterocycles. The normalized spacial score (nSPS) is 12.6. The second-order valence-electron chi connectivity index (χ2n) is 4.31. The van der Waals surface area contributed by atoms with Crippen LogP contribution in [0.2, 0.25) is 0 Å². The summed E-state index contributed by atoms with van der Waals surface area (Å²) in [7, 11) is 0. The number of carbonyl (C=O) groups is 1. The van der Waals surface area contributed by atoms with Crippen LogP contribution in [0.1, 0.15) is 32.8 Å². The molecule has 0 aliphatic rings. The van der Waals surface area contributed by atoms with E-state index in [0.29, 0.717) is 5.92 Å². The Labute approximate surface area is 103 Å². The maximum absolute atomic E-state index is 10.8. The van der Waals surface area contributed by atoms with Gasteiger partial charge in [-0.3, -0.25) is 9.79 Å². The monoisotopic (exact) mass is 232 g/mol. The van der Waals surface area contributed by atoms with Gasteiger partial charge in [-0.05, 0) is 23.6 Å². The fourth-order valence-electron chi connectivity index (χ4n) is 1.32. The summed E-state index contributed by atoms with van der Waals surface area (Å²) in [5.41, 5.74) is 1.87. The van der Waals surface area contributed by atoms with E-state index >= 15 is 0 Å². The van der Waals surface area contributed by atoms with Gasteiger partial charge in [0.05, 0.1) is 0 Å². The van der Waals surface area contributed by atoms with Crippen LogP contribution in [0.4, 0.5) is 5.69 Å². The van der Waals surface area contributed by atoms with Crippen molar-refractivity contribution in [3.8, 4) is 0 Å². The Morgan fingerprint density at radius 1 is 1.41 bits per heavy atom. The van der Waals surface area contributed by atoms with Crippen LogP contribution >= 0.6 is 0 Å². The van der Waals surface area contributed by atoms with Crippen molar-refractivity contribution in [1.29, 1.82) is 0 Å². The molecule has 0 fully saturated rings. The molecule has 0 spiro atoms. The van der Waals surface area contributed by atoms with Crippen LogP contribution in [0.25, 0.3) is 0 Å². The lowest BCUT2D eigenvalue weighted by atomic mass is 10.1. The number of hydrogen-bond donors (Lipinski definition) is 1. The molecule has 1 N–H and O–H groups in total. The zero-order valence-corrected chi connectivity index (χ0v) is 10.7. The molecule has 0 aliphatic heterocycles. The quantitative estimate of drug-likeness (QED) is 0.779. The molecule has 0 aliphatic carbocycles. The fourth-order valence-corrected chi connectivity index (χ4v) is 1.32. The Kier molecular flexibility index (Phi) is 5.40. The molecule has 0 radical (unpaired) electrons. The maximum atomic E-state index is 10.8. The van der Waals surface area contributed by atoms with E-state index in [9.17, 15) is 4.79 Å². The Balaban J connectivity index is 2.53. The molecule has 1 aromatic rings. The summed E-state index contributed by atoms with van der Waals surface area (Å²) in [6.07, 6.45) is 3.03. The van der Waals surface area contributed by atoms with Crippen molar-refractivity contribution in [3.63, 3.8) is 0 Å². The average Bonchev–Trinajstić information content (AvgIpc) is 2.30. The predicted octanol–water partition coefficient (Wildman–Crippen LogP) is 3.11. The third-order valence-corrected chi connectivity index (χ3v) is 2.59. The molecular formula is C14H20N2O. The smallest absolute Gasteiger partial charge is 0.221 e. The standard InChI is InChI=1S/C14H20N2O/c1-4-11(2)9-15-10-13-5-7-14(8-6-13)16-12(3)17/h5-8,10-11H,4,9H2,1-3H3,(H,16,17). The molecule has 1 aromatic carbocycles. The van der Waals surface area contributed by atoms with Crippen molar-refractivity contribution >= 4 is 17.8 Å². The van der Waals surface area contributed by atoms with Gasteiger partial charge in [-0.1, -0.05) is 32.4 Å². The number of benzene rings is 1. The predicted molar refractivity (Wildman–Crippen MR) is 72.7 cm³/mol. The lowest BCUT2D eigenvalue weighted by Crippen LogP contribution is -2.05. The number of rotatable bonds is 5. The van der Waals surface area contributed by atoms with Crippen molar-refractivity contribution in [2.45, 2.75) is 27.2 Å². The molecule has 17 heavy (non-hydrogen) atoms. The lowest BCUT2D eigenvalue weighted by molar-refractivity contribution is -0.114. The summed E-state index contributed by atoms with van der Waals surface area (Å²) >= 11 is 0. The first-order chi connectivity index (χ1) is 8.11. The van der Waals surface area contributed by atoms with Crippen molar-refractivity contribution in [1.82, 2.24) is 0 Å². The van der Waals surface area contributed by atoms with Gasteiger partial charge >= 0.3 is 0 Å². The van der Waals surface area contributed by atoms with E-state index in [1.54, 1.807) is 0 Å². The molecule has 3 heteroatoms. The van der Waals surface area contributed by atoms with Crippen LogP contribution in [-0.4, -0.2) is 18.7 Å². The third kappa shape index (κ3) is 5.29. The van der Waals surface area contributed by atoms with E-state index in [-0.39, 0.29) is 5.91 Å². The minimum atomic E-state index is -0.0526. The van der Waals surface area contributed by atoms with Crippen molar-refractivity contribution in [2.24, 2.45) is 10.9 Å². The highest BCUT2D eigenvalue weighted by Gasteiger charge is 1.96. The Bertz CT molecular complexity index is 382. The fraction of sp³-hybridized carbons (Fsp3) is 0.429. The topological polar surface area (TPSA) is 41.5 Å². The number of anilines is 1. The van der Waals surface area contributed by atoms with Gasteiger partial charge in [0.15, 0.2) is 0 Å². The van der Waals surface area contributed by atoms with E-state index in [4.69, 9.17) is 0 Å². The van der Waals surface area contributed by atoms with Gasteiger partial charge in [0, 0.05) is 25.4 Å². The van der Waals surface area contributed by atoms with E-state index < -0.39 is 0 Å². The number of aliphatic imine (C=N–C) groups is 1. The Morgan fingerprint density at radius 3 is 2.59 bits per heavy atom. The van der Waals surface area contributed by atoms with Gasteiger partial charge in [0.25, 0.3) is 0 Å². The van der Waals surface area contributed by atoms with Crippen LogP contribution in [-0.2, 0) is 4.79 Å². The first-order valence-electron chi connectivity index (χ1n) is 5.99. The minimum absolute atomic E-state index is 0.0526. The summed E-state index contributed by atoms with van der Waals surface area (Å²) in [6, 6.07) is 7.66. The molecule has 92 valence electrons. The first kappa shape index (κ1) is 13.4. The zero-order chi connectivity index (χ0) is 12.7. The Morgan fingerprint density at radius 2 is 2.06 bits per heavy atom. The van der Waals surface area contributed by atoms with Gasteiger partial charge in [-0.15, -0.1) is 0 Å². The largest absolute Gasteiger partial charge is 0.326 e. The molecular weight excluding hydrogens is 212 g/mol. The molecule has 1 unspecified atom stereocenters. The number of hydrogen-bond acceptors (Lipinski definition) is 2. The number of nitrogens with zero attached hydrogens (tertiary/aromatic N) is 1. The third-order valence-electron chi connectivity index (χ3n) is 2.59. The average molecular weight is 232 g/mol. The summed E-state index contributed by atoms with van der Waals surface area (Å²) in [6.45, 7) is 6.73. The van der Waals surface area contributed by atoms with Crippen LogP contribution < -0.4 is 5.32 Å². The molecule has 0 saturated heterocycles. The second-order valence-corrected chi connectivity index (χ2v) is 4.31. The van der Waals surface area contributed by atoms with Gasteiger partial charge in [0.2, 0.25) is 5.91 Å². The first-order valence-corrected chi connectivity index (χ1v) is 5.99. The Hall–Kier alpha value is -1.64. The van der Waals surface area contributed by atoms with Crippen LogP contribution in [0, 0.1) is 5.92 Å². The highest BCUT2D eigenvalue weighted by Crippen LogP contribution is 2.08. The van der Waals surface area contributed by atoms with Gasteiger partial charge < -0.3 is 5.32 Å². The highest BCUT2D eigenvalue weighted by atomic mass is 16.1. The van der Waals surface area contributed by atoms with Crippen molar-refractivity contribution in [3.05, 3.63) is 29.8 Å². The van der Waals surface area contributed by atoms with Crippen LogP contribution in [0.5, 0.6) is 0 Å². The summed E-state index contributed by atoms with van der Waals surface area (Å²) < 4.78 is 0. The van der Waals surface area contributed by atoms with Crippen LogP contribution in [0.3, 0.4) is 0 Å². The molecule has 0 saturated carbocycles. The van der Waals surface area contributed by atoms with Crippen molar-refractivity contribution in [2.75, 3.05) is 11.9 Å². The van der Waals surface area contributed by atoms with E-state index in [1.165, 1.54) is 6.92 Å². The number of nitrogens with one attached hydrogen (secondary N) is 1. The summed E-state index contributed by atoms with van der Waals surface area (Å²) in [5.74, 6) is 0.577. The van der Waals surface area contributed by atoms with Gasteiger partial charge in [0.1, 0.15) is 0 Å². The van der Waals surface area contributed by atoms with E-state index in [2.05, 4.69) is 24.2 Å². The molecule has 1 rings (SSSR count). The van der Waals surface area contributed by atoms with Crippen LogP contribution in [0.15, 0.2) is 29.3 Å². The van der Waals surface area contributed by atoms with Gasteiger partial charge in [-0.25, -0.2) is 0 Å². The van der Waals surface area contributed by atoms with Gasteiger partial charge in [-0.2, -0.15) is 0 Å². The number of amides is 1. The van der Waals surface area contributed by atoms with E-state index in [0.717, 1.165) is 24.2 Å². The van der Waals surface area contributed by atoms with Crippen molar-refractivity contribution < 1.29 is 4.79 Å². The zero-order valence-electron chi connectivity index (χ0n) is 10.7. The number of carbonyl (C=O) groups excluding carboxylic acids is 1. The highest BCUT2D eigenvalue weighted by molar-refractivity contribution is 5.89. The summed E-state index contributed by atoms with van der Waals surface area (Å²) in [4.78, 5) is 15.2. The molecule has 0 aromatic heterocycles. The molecule has 3 nitrogen and oxygen atoms in total. The second kappa shape index (κ2) is 6.84. The minimum Gasteiger partial charge on any atom is -0.326 e. The molecule has 0 bridgehead atoms.